The number of sulfonamides is 1. The standard InChI is InChI=1S/C7H9N3O5S/c1-15-5-2-4(10(11)12)3-6(7(5)8)16(9,13)14/h2-3H,8H2,1H3,(H2,9,13,14). The summed E-state index contributed by atoms with van der Waals surface area (Å²) >= 11 is 0. The van der Waals surface area contributed by atoms with Crippen LogP contribution in [0.15, 0.2) is 17.0 Å². The first-order chi connectivity index (χ1) is 7.27. The number of nitro groups is 1. The number of nitrogens with zero attached hydrogens (tertiary/aromatic N) is 1. The van der Waals surface area contributed by atoms with Crippen molar-refractivity contribution in [3.05, 3.63) is 22.2 Å². The Hall–Kier alpha value is -1.87. The summed E-state index contributed by atoms with van der Waals surface area (Å²) < 4.78 is 27.0. The van der Waals surface area contributed by atoms with Crippen molar-refractivity contribution < 1.29 is 18.1 Å². The Morgan fingerprint density at radius 3 is 2.38 bits per heavy atom. The SMILES string of the molecule is COc1cc([N+](=O)[O-])cc(S(N)(=O)=O)c1N. The number of benzene rings is 1. The van der Waals surface area contributed by atoms with Crippen LogP contribution in [0, 0.1) is 10.1 Å². The van der Waals surface area contributed by atoms with Gasteiger partial charge in [0.05, 0.1) is 23.8 Å². The Morgan fingerprint density at radius 2 is 2.00 bits per heavy atom. The summed E-state index contributed by atoms with van der Waals surface area (Å²) in [7, 11) is -2.92. The molecule has 1 rings (SSSR count). The van der Waals surface area contributed by atoms with Crippen LogP contribution in [0.3, 0.4) is 0 Å². The molecule has 1 aromatic rings. The third-order valence-corrected chi connectivity index (χ3v) is 2.78. The third kappa shape index (κ3) is 2.20. The van der Waals surface area contributed by atoms with Gasteiger partial charge in [0.1, 0.15) is 10.6 Å². The fourth-order valence-electron chi connectivity index (χ4n) is 1.10. The fourth-order valence-corrected chi connectivity index (χ4v) is 1.79. The second-order valence-electron chi connectivity index (χ2n) is 2.86. The molecule has 0 saturated heterocycles. The van der Waals surface area contributed by atoms with Crippen LogP contribution in [0.4, 0.5) is 11.4 Å². The molecular weight excluding hydrogens is 238 g/mol. The number of nitrogens with two attached hydrogens (primary N) is 2. The van der Waals surface area contributed by atoms with E-state index in [0.717, 1.165) is 12.1 Å². The Bertz CT molecular complexity index is 539. The fraction of sp³-hybridized carbons (Fsp3) is 0.143. The second-order valence-corrected chi connectivity index (χ2v) is 4.39. The maximum atomic E-state index is 11.1. The van der Waals surface area contributed by atoms with Crippen molar-refractivity contribution in [3.63, 3.8) is 0 Å². The van der Waals surface area contributed by atoms with Crippen LogP contribution in [-0.2, 0) is 10.0 Å². The number of nitrogen functional groups attached to an aromatic ring is 1. The number of ether oxygens (including phenoxy) is 1. The molecule has 0 aromatic heterocycles. The van der Waals surface area contributed by atoms with Crippen LogP contribution >= 0.6 is 0 Å². The predicted octanol–water partition coefficient (Wildman–Crippen LogP) is -0.167. The Balaban J connectivity index is 3.61. The Kier molecular flexibility index (Phi) is 3.01. The van der Waals surface area contributed by atoms with Crippen LogP contribution in [0.2, 0.25) is 0 Å². The predicted molar refractivity (Wildman–Crippen MR) is 55.4 cm³/mol. The lowest BCUT2D eigenvalue weighted by molar-refractivity contribution is -0.385. The van der Waals surface area contributed by atoms with Crippen LogP contribution in [0.5, 0.6) is 5.75 Å². The molecular formula is C7H9N3O5S. The van der Waals surface area contributed by atoms with Gasteiger partial charge in [0.25, 0.3) is 5.69 Å². The molecule has 8 nitrogen and oxygen atoms in total. The van der Waals surface area contributed by atoms with Crippen molar-refractivity contribution in [2.45, 2.75) is 4.90 Å². The van der Waals surface area contributed by atoms with E-state index in [2.05, 4.69) is 0 Å². The molecule has 16 heavy (non-hydrogen) atoms. The third-order valence-electron chi connectivity index (χ3n) is 1.83. The minimum absolute atomic E-state index is 0.113. The van der Waals surface area contributed by atoms with E-state index < -0.39 is 25.5 Å². The van der Waals surface area contributed by atoms with E-state index in [9.17, 15) is 18.5 Å². The van der Waals surface area contributed by atoms with Crippen molar-refractivity contribution in [2.75, 3.05) is 12.8 Å². The molecule has 0 radical (unpaired) electrons. The number of hydrogen-bond donors (Lipinski definition) is 2. The molecule has 0 aliphatic heterocycles. The maximum Gasteiger partial charge on any atom is 0.274 e. The average molecular weight is 247 g/mol. The smallest absolute Gasteiger partial charge is 0.274 e. The molecule has 0 aliphatic rings. The lowest BCUT2D eigenvalue weighted by atomic mass is 10.2. The lowest BCUT2D eigenvalue weighted by Crippen LogP contribution is -2.15. The largest absolute Gasteiger partial charge is 0.494 e. The number of non-ortho nitro benzene ring substituents is 1. The van der Waals surface area contributed by atoms with Crippen molar-refractivity contribution in [3.8, 4) is 5.75 Å². The topological polar surface area (TPSA) is 139 Å². The van der Waals surface area contributed by atoms with Crippen LogP contribution in [0.1, 0.15) is 0 Å². The minimum atomic E-state index is -4.13. The first-order valence-corrected chi connectivity index (χ1v) is 5.46. The van der Waals surface area contributed by atoms with E-state index >= 15 is 0 Å². The number of methoxy groups -OCH3 is 1. The van der Waals surface area contributed by atoms with E-state index in [1.807, 2.05) is 0 Å². The summed E-state index contributed by atoms with van der Waals surface area (Å²) in [5.74, 6) is -0.113. The molecule has 0 aliphatic carbocycles. The van der Waals surface area contributed by atoms with Gasteiger partial charge in [-0.2, -0.15) is 0 Å². The van der Waals surface area contributed by atoms with Gasteiger partial charge in [-0.25, -0.2) is 13.6 Å². The number of primary sulfonamides is 1. The van der Waals surface area contributed by atoms with Crippen molar-refractivity contribution >= 4 is 21.4 Å². The highest BCUT2D eigenvalue weighted by Crippen LogP contribution is 2.32. The minimum Gasteiger partial charge on any atom is -0.494 e. The van der Waals surface area contributed by atoms with Gasteiger partial charge in [0.15, 0.2) is 0 Å². The summed E-state index contributed by atoms with van der Waals surface area (Å²) in [5, 5.41) is 15.4. The Labute approximate surface area is 91.0 Å². The van der Waals surface area contributed by atoms with Crippen molar-refractivity contribution in [1.29, 1.82) is 0 Å². The van der Waals surface area contributed by atoms with E-state index in [0.29, 0.717) is 0 Å². The van der Waals surface area contributed by atoms with Crippen LogP contribution in [-0.4, -0.2) is 20.5 Å². The number of anilines is 1. The monoisotopic (exact) mass is 247 g/mol. The molecule has 1 aromatic carbocycles. The summed E-state index contributed by atoms with van der Waals surface area (Å²) in [6.45, 7) is 0. The zero-order valence-corrected chi connectivity index (χ0v) is 9.02. The molecule has 0 atom stereocenters. The number of rotatable bonds is 3. The lowest BCUT2D eigenvalue weighted by Gasteiger charge is -2.08. The van der Waals surface area contributed by atoms with Crippen LogP contribution < -0.4 is 15.6 Å². The first kappa shape index (κ1) is 12.2. The van der Waals surface area contributed by atoms with Gasteiger partial charge < -0.3 is 10.5 Å². The number of nitro benzene ring substituents is 1. The molecule has 0 spiro atoms. The van der Waals surface area contributed by atoms with E-state index in [4.69, 9.17) is 15.6 Å². The van der Waals surface area contributed by atoms with E-state index in [1.165, 1.54) is 7.11 Å². The molecule has 88 valence electrons. The summed E-state index contributed by atoms with van der Waals surface area (Å²) in [6.07, 6.45) is 0. The number of hydrogen-bond acceptors (Lipinski definition) is 6. The molecule has 0 fully saturated rings. The molecule has 0 amide bonds. The summed E-state index contributed by atoms with van der Waals surface area (Å²) in [6, 6.07) is 1.80. The van der Waals surface area contributed by atoms with Gasteiger partial charge in [-0.15, -0.1) is 0 Å². The van der Waals surface area contributed by atoms with Gasteiger partial charge in [0, 0.05) is 6.07 Å². The Morgan fingerprint density at radius 1 is 1.44 bits per heavy atom. The molecule has 4 N–H and O–H groups in total. The van der Waals surface area contributed by atoms with Crippen LogP contribution in [0.25, 0.3) is 0 Å². The van der Waals surface area contributed by atoms with Gasteiger partial charge in [-0.1, -0.05) is 0 Å². The summed E-state index contributed by atoms with van der Waals surface area (Å²) in [5.41, 5.74) is 4.73. The normalized spacial score (nSPS) is 11.1. The van der Waals surface area contributed by atoms with Gasteiger partial charge >= 0.3 is 0 Å². The maximum absolute atomic E-state index is 11.1. The molecule has 0 saturated carbocycles. The van der Waals surface area contributed by atoms with Crippen molar-refractivity contribution in [2.24, 2.45) is 5.14 Å². The zero-order valence-electron chi connectivity index (χ0n) is 8.21. The molecule has 0 bridgehead atoms. The van der Waals surface area contributed by atoms with Gasteiger partial charge in [-0.05, 0) is 0 Å². The zero-order chi connectivity index (χ0) is 12.5. The highest BCUT2D eigenvalue weighted by molar-refractivity contribution is 7.89. The quantitative estimate of drug-likeness (QED) is 0.432. The van der Waals surface area contributed by atoms with Crippen molar-refractivity contribution in [1.82, 2.24) is 0 Å². The van der Waals surface area contributed by atoms with E-state index in [1.54, 1.807) is 0 Å². The van der Waals surface area contributed by atoms with Gasteiger partial charge in [-0.3, -0.25) is 10.1 Å². The second kappa shape index (κ2) is 3.94. The van der Waals surface area contributed by atoms with Gasteiger partial charge in [0.2, 0.25) is 10.0 Å². The molecule has 9 heteroatoms. The molecule has 0 unspecified atom stereocenters. The highest BCUT2D eigenvalue weighted by atomic mass is 32.2. The van der Waals surface area contributed by atoms with E-state index in [-0.39, 0.29) is 11.4 Å². The average Bonchev–Trinajstić information content (AvgIpc) is 2.15. The first-order valence-electron chi connectivity index (χ1n) is 3.92. The molecule has 0 heterocycles. The summed E-state index contributed by atoms with van der Waals surface area (Å²) in [4.78, 5) is 9.24. The highest BCUT2D eigenvalue weighted by Gasteiger charge is 2.21.